The molecule has 0 radical (unpaired) electrons. The van der Waals surface area contributed by atoms with Gasteiger partial charge in [-0.3, -0.25) is 9.59 Å². The van der Waals surface area contributed by atoms with Gasteiger partial charge in [-0.1, -0.05) is 12.1 Å². The highest BCUT2D eigenvalue weighted by Crippen LogP contribution is 2.16. The van der Waals surface area contributed by atoms with Crippen molar-refractivity contribution in [2.75, 3.05) is 19.8 Å². The van der Waals surface area contributed by atoms with Crippen LogP contribution in [0.15, 0.2) is 47.4 Å². The first-order valence-electron chi connectivity index (χ1n) is 8.71. The van der Waals surface area contributed by atoms with E-state index >= 15 is 0 Å². The van der Waals surface area contributed by atoms with Gasteiger partial charge < -0.3 is 9.47 Å². The molecule has 7 nitrogen and oxygen atoms in total. The smallest absolute Gasteiger partial charge is 0.321 e. The van der Waals surface area contributed by atoms with Gasteiger partial charge in [0.2, 0.25) is 10.0 Å². The maximum atomic E-state index is 12.4. The van der Waals surface area contributed by atoms with E-state index in [9.17, 15) is 18.0 Å². The van der Waals surface area contributed by atoms with Gasteiger partial charge in [-0.15, -0.1) is 0 Å². The number of hydrogen-bond acceptors (Lipinski definition) is 6. The van der Waals surface area contributed by atoms with Crippen molar-refractivity contribution in [2.24, 2.45) is 0 Å². The van der Waals surface area contributed by atoms with E-state index in [1.54, 1.807) is 50.2 Å². The standard InChI is InChI=1S/C20H23NO6S/c1-4-26-17-9-7-16(8-10-17)18(22)13-27-20(23)12-21-28(24,25)19-11-14(2)5-6-15(19)3/h5-11,21H,4,12-13H2,1-3H3. The first kappa shape index (κ1) is 21.6. The summed E-state index contributed by atoms with van der Waals surface area (Å²) >= 11 is 0. The monoisotopic (exact) mass is 405 g/mol. The number of aryl methyl sites for hydroxylation is 2. The van der Waals surface area contributed by atoms with Gasteiger partial charge in [-0.2, -0.15) is 4.72 Å². The second-order valence-electron chi connectivity index (χ2n) is 6.13. The molecule has 2 aromatic carbocycles. The largest absolute Gasteiger partial charge is 0.494 e. The fourth-order valence-electron chi connectivity index (χ4n) is 2.41. The van der Waals surface area contributed by atoms with Crippen LogP contribution in [0.5, 0.6) is 5.75 Å². The van der Waals surface area contributed by atoms with Crippen LogP contribution < -0.4 is 9.46 Å². The van der Waals surface area contributed by atoms with Crippen LogP contribution in [0, 0.1) is 13.8 Å². The Morgan fingerprint density at radius 3 is 2.36 bits per heavy atom. The summed E-state index contributed by atoms with van der Waals surface area (Å²) in [6, 6.07) is 11.5. The van der Waals surface area contributed by atoms with E-state index in [2.05, 4.69) is 4.72 Å². The van der Waals surface area contributed by atoms with Crippen molar-refractivity contribution >= 4 is 21.8 Å². The number of rotatable bonds is 9. The zero-order valence-corrected chi connectivity index (χ0v) is 16.8. The maximum Gasteiger partial charge on any atom is 0.321 e. The molecule has 150 valence electrons. The van der Waals surface area contributed by atoms with Gasteiger partial charge in [0.15, 0.2) is 12.4 Å². The molecule has 0 fully saturated rings. The van der Waals surface area contributed by atoms with E-state index in [0.29, 0.717) is 23.5 Å². The molecule has 0 bridgehead atoms. The number of ketones is 1. The van der Waals surface area contributed by atoms with Crippen LogP contribution in [0.2, 0.25) is 0 Å². The van der Waals surface area contributed by atoms with Crippen LogP contribution >= 0.6 is 0 Å². The Balaban J connectivity index is 1.88. The van der Waals surface area contributed by atoms with Gasteiger partial charge in [-0.25, -0.2) is 8.42 Å². The number of hydrogen-bond donors (Lipinski definition) is 1. The Kier molecular flexibility index (Phi) is 7.31. The van der Waals surface area contributed by atoms with Crippen molar-refractivity contribution < 1.29 is 27.5 Å². The van der Waals surface area contributed by atoms with Gasteiger partial charge in [0.05, 0.1) is 11.5 Å². The van der Waals surface area contributed by atoms with Gasteiger partial charge in [0.25, 0.3) is 0 Å². The predicted molar refractivity (Wildman–Crippen MR) is 104 cm³/mol. The third-order valence-corrected chi connectivity index (χ3v) is 5.43. The number of benzene rings is 2. The number of carbonyl (C=O) groups is 2. The predicted octanol–water partition coefficient (Wildman–Crippen LogP) is 2.41. The topological polar surface area (TPSA) is 98.8 Å². The number of nitrogens with one attached hydrogen (secondary N) is 1. The van der Waals surface area contributed by atoms with Crippen LogP contribution in [0.3, 0.4) is 0 Å². The first-order valence-corrected chi connectivity index (χ1v) is 10.2. The quantitative estimate of drug-likeness (QED) is 0.508. The van der Waals surface area contributed by atoms with E-state index in [4.69, 9.17) is 9.47 Å². The summed E-state index contributed by atoms with van der Waals surface area (Å²) in [7, 11) is -3.86. The van der Waals surface area contributed by atoms with Gasteiger partial charge in [0, 0.05) is 5.56 Å². The summed E-state index contributed by atoms with van der Waals surface area (Å²) in [4.78, 5) is 24.0. The van der Waals surface area contributed by atoms with Crippen molar-refractivity contribution in [3.05, 3.63) is 59.2 Å². The zero-order valence-electron chi connectivity index (χ0n) is 16.0. The summed E-state index contributed by atoms with van der Waals surface area (Å²) in [6.45, 7) is 4.78. The van der Waals surface area contributed by atoms with E-state index in [1.165, 1.54) is 6.07 Å². The Morgan fingerprint density at radius 2 is 1.71 bits per heavy atom. The van der Waals surface area contributed by atoms with E-state index in [0.717, 1.165) is 5.56 Å². The average Bonchev–Trinajstić information content (AvgIpc) is 2.67. The fourth-order valence-corrected chi connectivity index (χ4v) is 3.71. The van der Waals surface area contributed by atoms with Crippen LogP contribution in [0.25, 0.3) is 0 Å². The Bertz CT molecular complexity index is 951. The lowest BCUT2D eigenvalue weighted by Crippen LogP contribution is -2.32. The minimum Gasteiger partial charge on any atom is -0.494 e. The van der Waals surface area contributed by atoms with Crippen LogP contribution in [0.4, 0.5) is 0 Å². The van der Waals surface area contributed by atoms with Gasteiger partial charge >= 0.3 is 5.97 Å². The Hall–Kier alpha value is -2.71. The molecular weight excluding hydrogens is 382 g/mol. The number of ether oxygens (including phenoxy) is 2. The number of carbonyl (C=O) groups excluding carboxylic acids is 2. The summed E-state index contributed by atoms with van der Waals surface area (Å²) < 4.78 is 37.1. The molecule has 2 rings (SSSR count). The maximum absolute atomic E-state index is 12.4. The first-order chi connectivity index (χ1) is 13.2. The van der Waals surface area contributed by atoms with Crippen LogP contribution in [-0.4, -0.2) is 39.9 Å². The molecule has 0 aliphatic heterocycles. The lowest BCUT2D eigenvalue weighted by atomic mass is 10.1. The van der Waals surface area contributed by atoms with Crippen LogP contribution in [0.1, 0.15) is 28.4 Å². The normalized spacial score (nSPS) is 11.1. The van der Waals surface area contributed by atoms with E-state index in [1.807, 2.05) is 6.92 Å². The molecule has 0 aromatic heterocycles. The number of Topliss-reactive ketones (excluding diaryl/α,β-unsaturated/α-hetero) is 1. The van der Waals surface area contributed by atoms with Crippen molar-refractivity contribution in [1.82, 2.24) is 4.72 Å². The molecule has 0 saturated carbocycles. The molecule has 8 heteroatoms. The third kappa shape index (κ3) is 5.90. The van der Waals surface area contributed by atoms with Crippen molar-refractivity contribution in [2.45, 2.75) is 25.7 Å². The molecule has 0 unspecified atom stereocenters. The molecule has 0 aliphatic carbocycles. The zero-order chi connectivity index (χ0) is 20.7. The molecule has 0 aliphatic rings. The Labute approximate surface area is 164 Å². The third-order valence-electron chi connectivity index (χ3n) is 3.89. The Morgan fingerprint density at radius 1 is 1.04 bits per heavy atom. The highest BCUT2D eigenvalue weighted by molar-refractivity contribution is 7.89. The number of esters is 1. The lowest BCUT2D eigenvalue weighted by Gasteiger charge is -2.10. The minimum absolute atomic E-state index is 0.103. The average molecular weight is 405 g/mol. The van der Waals surface area contributed by atoms with Gasteiger partial charge in [0.1, 0.15) is 12.3 Å². The van der Waals surface area contributed by atoms with Crippen molar-refractivity contribution in [3.8, 4) is 5.75 Å². The number of sulfonamides is 1. The summed E-state index contributed by atoms with van der Waals surface area (Å²) in [6.07, 6.45) is 0. The molecule has 0 atom stereocenters. The molecular formula is C20H23NO6S. The molecule has 2 aromatic rings. The molecule has 0 saturated heterocycles. The molecule has 1 N–H and O–H groups in total. The molecule has 0 amide bonds. The summed E-state index contributed by atoms with van der Waals surface area (Å²) in [5.41, 5.74) is 1.72. The summed E-state index contributed by atoms with van der Waals surface area (Å²) in [5.74, 6) is -0.598. The van der Waals surface area contributed by atoms with Crippen molar-refractivity contribution in [3.63, 3.8) is 0 Å². The second kappa shape index (κ2) is 9.48. The minimum atomic E-state index is -3.86. The van der Waals surface area contributed by atoms with Gasteiger partial charge in [-0.05, 0) is 62.2 Å². The van der Waals surface area contributed by atoms with Crippen LogP contribution in [-0.2, 0) is 19.6 Å². The van der Waals surface area contributed by atoms with Crippen molar-refractivity contribution in [1.29, 1.82) is 0 Å². The highest BCUT2D eigenvalue weighted by Gasteiger charge is 2.19. The highest BCUT2D eigenvalue weighted by atomic mass is 32.2. The summed E-state index contributed by atoms with van der Waals surface area (Å²) in [5, 5.41) is 0. The van der Waals surface area contributed by atoms with E-state index in [-0.39, 0.29) is 4.90 Å². The fraction of sp³-hybridized carbons (Fsp3) is 0.300. The second-order valence-corrected chi connectivity index (χ2v) is 7.87. The van der Waals surface area contributed by atoms with E-state index < -0.39 is 34.9 Å². The molecule has 0 heterocycles. The SMILES string of the molecule is CCOc1ccc(C(=O)COC(=O)CNS(=O)(=O)c2cc(C)ccc2C)cc1. The molecule has 0 spiro atoms. The lowest BCUT2D eigenvalue weighted by molar-refractivity contribution is -0.141. The molecule has 28 heavy (non-hydrogen) atoms.